The molecule has 1 aliphatic heterocycles. The van der Waals surface area contributed by atoms with Crippen molar-refractivity contribution in [2.45, 2.75) is 11.9 Å². The highest BCUT2D eigenvalue weighted by Gasteiger charge is 2.21. The monoisotopic (exact) mass is 226 g/mol. The predicted molar refractivity (Wildman–Crippen MR) is 63.2 cm³/mol. The van der Waals surface area contributed by atoms with Crippen molar-refractivity contribution in [3.63, 3.8) is 0 Å². The van der Waals surface area contributed by atoms with Gasteiger partial charge in [0.15, 0.2) is 0 Å². The fourth-order valence-corrected chi connectivity index (χ4v) is 1.30. The lowest BCUT2D eigenvalue weighted by atomic mass is 10.3. The Labute approximate surface area is 95.0 Å². The fraction of sp³-hybridized carbons (Fsp3) is 0.364. The zero-order valence-corrected chi connectivity index (χ0v) is 9.66. The quantitative estimate of drug-likeness (QED) is 0.450. The minimum absolute atomic E-state index is 0.0509. The molecule has 0 bridgehead atoms. The van der Waals surface area contributed by atoms with Crippen molar-refractivity contribution in [1.29, 1.82) is 0 Å². The van der Waals surface area contributed by atoms with Crippen LogP contribution >= 0.6 is 11.6 Å². The molecule has 1 N–H and O–H groups in total. The molecule has 0 saturated carbocycles. The van der Waals surface area contributed by atoms with Crippen LogP contribution in [0.25, 0.3) is 0 Å². The Morgan fingerprint density at radius 3 is 2.07 bits per heavy atom. The summed E-state index contributed by atoms with van der Waals surface area (Å²) in [6, 6.07) is 10.3. The second-order valence-electron chi connectivity index (χ2n) is 3.47. The third kappa shape index (κ3) is 4.21. The molecule has 1 aromatic carbocycles. The second kappa shape index (κ2) is 5.61. The number of rotatable bonds is 1. The molecule has 1 fully saturated rings. The molecule has 1 amide bonds. The smallest absolute Gasteiger partial charge is 0.224 e. The van der Waals surface area contributed by atoms with Crippen molar-refractivity contribution in [3.05, 3.63) is 30.3 Å². The van der Waals surface area contributed by atoms with Crippen molar-refractivity contribution in [1.82, 2.24) is 5.32 Å². The number of carbonyl (C=O) groups excluding carboxylic acids is 1. The molecule has 1 heterocycles. The van der Waals surface area contributed by atoms with Crippen molar-refractivity contribution in [3.8, 4) is 0 Å². The van der Waals surface area contributed by atoms with Crippen molar-refractivity contribution in [2.24, 2.45) is 0 Å². The summed E-state index contributed by atoms with van der Waals surface area (Å²) < 4.78 is 0. The number of alkyl halides is 1. The number of nitrogens with one attached hydrogen (secondary N) is 1. The van der Waals surface area contributed by atoms with Crippen LogP contribution in [0.5, 0.6) is 0 Å². The number of carbonyl (C=O) groups is 1. The van der Waals surface area contributed by atoms with Crippen LogP contribution in [0, 0.1) is 0 Å². The van der Waals surface area contributed by atoms with Gasteiger partial charge in [-0.05, 0) is 12.1 Å². The van der Waals surface area contributed by atoms with E-state index in [4.69, 9.17) is 11.6 Å². The topological polar surface area (TPSA) is 32.3 Å². The maximum Gasteiger partial charge on any atom is 0.224 e. The molecule has 2 rings (SSSR count). The highest BCUT2D eigenvalue weighted by molar-refractivity contribution is 6.24. The zero-order chi connectivity index (χ0) is 11.3. The van der Waals surface area contributed by atoms with Crippen LogP contribution in [0.4, 0.5) is 5.69 Å². The Kier molecular flexibility index (Phi) is 4.43. The molecule has 1 atom stereocenters. The van der Waals surface area contributed by atoms with Crippen molar-refractivity contribution >= 4 is 23.2 Å². The molecule has 82 valence electrons. The molecule has 1 aromatic rings. The first-order valence-electron chi connectivity index (χ1n) is 4.75. The number of anilines is 1. The minimum atomic E-state index is -0.0856. The summed E-state index contributed by atoms with van der Waals surface area (Å²) in [7, 11) is 4.07. The van der Waals surface area contributed by atoms with Gasteiger partial charge in [0.05, 0.1) is 6.42 Å². The number of β-lactam (4-membered cyclic amide) rings is 1. The lowest BCUT2D eigenvalue weighted by Crippen LogP contribution is -2.44. The van der Waals surface area contributed by atoms with Gasteiger partial charge in [-0.3, -0.25) is 4.79 Å². The molecule has 4 heteroatoms. The van der Waals surface area contributed by atoms with Crippen LogP contribution in [0.2, 0.25) is 0 Å². The van der Waals surface area contributed by atoms with Gasteiger partial charge in [0.1, 0.15) is 5.50 Å². The molecular formula is C11H15ClN2O. The zero-order valence-electron chi connectivity index (χ0n) is 8.90. The van der Waals surface area contributed by atoms with Gasteiger partial charge in [0.25, 0.3) is 0 Å². The number of para-hydroxylation sites is 1. The van der Waals surface area contributed by atoms with Gasteiger partial charge in [0, 0.05) is 19.8 Å². The first-order valence-corrected chi connectivity index (χ1v) is 5.19. The van der Waals surface area contributed by atoms with Gasteiger partial charge in [0.2, 0.25) is 5.91 Å². The van der Waals surface area contributed by atoms with E-state index in [1.165, 1.54) is 5.69 Å². The van der Waals surface area contributed by atoms with Gasteiger partial charge in [-0.25, -0.2) is 0 Å². The fourth-order valence-electron chi connectivity index (χ4n) is 1.04. The summed E-state index contributed by atoms with van der Waals surface area (Å²) in [4.78, 5) is 12.0. The van der Waals surface area contributed by atoms with Crippen molar-refractivity contribution in [2.75, 3.05) is 19.0 Å². The van der Waals surface area contributed by atoms with E-state index in [9.17, 15) is 4.79 Å². The highest BCUT2D eigenvalue weighted by atomic mass is 35.5. The van der Waals surface area contributed by atoms with Gasteiger partial charge >= 0.3 is 0 Å². The molecule has 0 aliphatic carbocycles. The van der Waals surface area contributed by atoms with Crippen LogP contribution in [0.3, 0.4) is 0 Å². The van der Waals surface area contributed by atoms with E-state index in [1.807, 2.05) is 32.3 Å². The first-order chi connectivity index (χ1) is 7.09. The SMILES string of the molecule is CN(C)c1ccccc1.O=C1CC(Cl)N1. The van der Waals surface area contributed by atoms with Crippen LogP contribution in [0.1, 0.15) is 6.42 Å². The summed E-state index contributed by atoms with van der Waals surface area (Å²) in [5.74, 6) is 0.0509. The lowest BCUT2D eigenvalue weighted by molar-refractivity contribution is -0.126. The predicted octanol–water partition coefficient (Wildman–Crippen LogP) is 1.82. The molecule has 0 aromatic heterocycles. The van der Waals surface area contributed by atoms with Gasteiger partial charge in [-0.1, -0.05) is 29.8 Å². The first kappa shape index (κ1) is 11.9. The van der Waals surface area contributed by atoms with Crippen molar-refractivity contribution < 1.29 is 4.79 Å². The lowest BCUT2D eigenvalue weighted by Gasteiger charge is -2.19. The second-order valence-corrected chi connectivity index (χ2v) is 4.00. The molecule has 3 nitrogen and oxygen atoms in total. The van der Waals surface area contributed by atoms with E-state index in [0.717, 1.165) is 0 Å². The molecule has 1 aliphatic rings. The Morgan fingerprint density at radius 1 is 1.33 bits per heavy atom. The van der Waals surface area contributed by atoms with E-state index < -0.39 is 0 Å². The third-order valence-corrected chi connectivity index (χ3v) is 2.22. The number of benzene rings is 1. The van der Waals surface area contributed by atoms with Crippen LogP contribution in [0.15, 0.2) is 30.3 Å². The largest absolute Gasteiger partial charge is 0.378 e. The summed E-state index contributed by atoms with van der Waals surface area (Å²) in [6.45, 7) is 0. The van der Waals surface area contributed by atoms with E-state index in [-0.39, 0.29) is 11.4 Å². The molecule has 0 spiro atoms. The third-order valence-electron chi connectivity index (χ3n) is 1.95. The van der Waals surface area contributed by atoms with Gasteiger partial charge < -0.3 is 10.2 Å². The Morgan fingerprint density at radius 2 is 1.87 bits per heavy atom. The average Bonchev–Trinajstić information content (AvgIpc) is 2.18. The normalized spacial score (nSPS) is 18.1. The summed E-state index contributed by atoms with van der Waals surface area (Å²) in [6.07, 6.45) is 0.488. The van der Waals surface area contributed by atoms with Gasteiger partial charge in [-0.2, -0.15) is 0 Å². The number of halogens is 1. The molecule has 15 heavy (non-hydrogen) atoms. The number of nitrogens with zero attached hydrogens (tertiary/aromatic N) is 1. The number of hydrogen-bond acceptors (Lipinski definition) is 2. The van der Waals surface area contributed by atoms with Crippen LogP contribution in [-0.4, -0.2) is 25.5 Å². The average molecular weight is 227 g/mol. The summed E-state index contributed by atoms with van der Waals surface area (Å²) in [5, 5.41) is 2.43. The van der Waals surface area contributed by atoms with Crippen LogP contribution < -0.4 is 10.2 Å². The van der Waals surface area contributed by atoms with E-state index in [0.29, 0.717) is 6.42 Å². The van der Waals surface area contributed by atoms with Crippen LogP contribution in [-0.2, 0) is 4.79 Å². The standard InChI is InChI=1S/C8H11N.C3H4ClNO/c1-9(2)8-6-4-3-5-7-8;4-2-1-3(6)5-2/h3-7H,1-2H3;2H,1H2,(H,5,6). The minimum Gasteiger partial charge on any atom is -0.378 e. The van der Waals surface area contributed by atoms with E-state index >= 15 is 0 Å². The summed E-state index contributed by atoms with van der Waals surface area (Å²) >= 11 is 5.31. The van der Waals surface area contributed by atoms with E-state index in [2.05, 4.69) is 22.3 Å². The molecule has 1 saturated heterocycles. The molecule has 0 radical (unpaired) electrons. The Bertz CT molecular complexity index is 306. The number of hydrogen-bond donors (Lipinski definition) is 1. The Hall–Kier alpha value is -1.22. The highest BCUT2D eigenvalue weighted by Crippen LogP contribution is 2.07. The van der Waals surface area contributed by atoms with Gasteiger partial charge in [-0.15, -0.1) is 0 Å². The summed E-state index contributed by atoms with van der Waals surface area (Å²) in [5.41, 5.74) is 1.16. The Balaban J connectivity index is 0.000000162. The molecule has 1 unspecified atom stereocenters. The number of amides is 1. The maximum absolute atomic E-state index is 9.91. The maximum atomic E-state index is 9.91. The molecular weight excluding hydrogens is 212 g/mol. The van der Waals surface area contributed by atoms with E-state index in [1.54, 1.807) is 0 Å².